The first kappa shape index (κ1) is 13.3. The molecule has 0 saturated carbocycles. The lowest BCUT2D eigenvalue weighted by Crippen LogP contribution is -2.10. The molecule has 0 fully saturated rings. The molecule has 1 heterocycles. The van der Waals surface area contributed by atoms with Crippen LogP contribution in [0, 0.1) is 5.82 Å². The van der Waals surface area contributed by atoms with E-state index in [0.717, 1.165) is 13.3 Å². The van der Waals surface area contributed by atoms with Gasteiger partial charge in [0, 0.05) is 5.56 Å². The first-order chi connectivity index (χ1) is 8.01. The summed E-state index contributed by atoms with van der Waals surface area (Å²) in [6.07, 6.45) is -2.60. The molecule has 0 amide bonds. The van der Waals surface area contributed by atoms with E-state index in [1.807, 2.05) is 0 Å². The number of methoxy groups -OCH3 is 2. The topological polar surface area (TPSA) is 48.4 Å². The number of rotatable bonds is 4. The lowest BCUT2D eigenvalue weighted by molar-refractivity contribution is -0.139. The number of esters is 1. The molecular weight excluding hydrogens is 239 g/mol. The Labute approximate surface area is 95.4 Å². The van der Waals surface area contributed by atoms with Crippen LogP contribution in [0.25, 0.3) is 0 Å². The van der Waals surface area contributed by atoms with E-state index in [0.29, 0.717) is 0 Å². The van der Waals surface area contributed by atoms with Crippen molar-refractivity contribution in [3.63, 3.8) is 0 Å². The van der Waals surface area contributed by atoms with Crippen molar-refractivity contribution in [1.29, 1.82) is 0 Å². The number of halogens is 3. The molecular formula is C10H10F3NO3. The number of hydrogen-bond donors (Lipinski definition) is 0. The number of carbonyl (C=O) groups is 1. The lowest BCUT2D eigenvalue weighted by atomic mass is 10.1. The number of aromatic nitrogens is 1. The highest BCUT2D eigenvalue weighted by molar-refractivity contribution is 5.73. The summed E-state index contributed by atoms with van der Waals surface area (Å²) in [6.45, 7) is 0. The van der Waals surface area contributed by atoms with Gasteiger partial charge in [-0.05, 0) is 0 Å². The number of pyridine rings is 1. The summed E-state index contributed by atoms with van der Waals surface area (Å²) in [4.78, 5) is 14.3. The largest absolute Gasteiger partial charge is 0.495 e. The van der Waals surface area contributed by atoms with Gasteiger partial charge < -0.3 is 9.47 Å². The van der Waals surface area contributed by atoms with E-state index in [9.17, 15) is 18.0 Å². The van der Waals surface area contributed by atoms with E-state index in [1.54, 1.807) is 0 Å². The van der Waals surface area contributed by atoms with Gasteiger partial charge in [-0.2, -0.15) is 0 Å². The smallest absolute Gasteiger partial charge is 0.310 e. The second kappa shape index (κ2) is 5.51. The summed E-state index contributed by atoms with van der Waals surface area (Å²) in [5.41, 5.74) is -1.30. The Morgan fingerprint density at radius 2 is 2.12 bits per heavy atom. The van der Waals surface area contributed by atoms with Gasteiger partial charge in [-0.25, -0.2) is 18.2 Å². The Hall–Kier alpha value is -1.79. The maximum absolute atomic E-state index is 13.6. The monoisotopic (exact) mass is 249 g/mol. The second-order valence-electron chi connectivity index (χ2n) is 3.06. The highest BCUT2D eigenvalue weighted by Crippen LogP contribution is 2.28. The van der Waals surface area contributed by atoms with Crippen LogP contribution < -0.4 is 4.74 Å². The van der Waals surface area contributed by atoms with Gasteiger partial charge in [0.15, 0.2) is 5.82 Å². The number of hydrogen-bond acceptors (Lipinski definition) is 4. The summed E-state index contributed by atoms with van der Waals surface area (Å²) in [7, 11) is 2.33. The van der Waals surface area contributed by atoms with Crippen LogP contribution in [0.3, 0.4) is 0 Å². The molecule has 0 N–H and O–H groups in total. The third kappa shape index (κ3) is 2.86. The molecule has 1 aromatic heterocycles. The molecule has 1 rings (SSSR count). The average molecular weight is 249 g/mol. The molecule has 0 unspecified atom stereocenters. The molecule has 0 spiro atoms. The second-order valence-corrected chi connectivity index (χ2v) is 3.06. The fraction of sp³-hybridized carbons (Fsp3) is 0.400. The van der Waals surface area contributed by atoms with E-state index in [1.165, 1.54) is 7.11 Å². The summed E-state index contributed by atoms with van der Waals surface area (Å²) in [5.74, 6) is -2.07. The van der Waals surface area contributed by atoms with Gasteiger partial charge in [0.05, 0.1) is 26.8 Å². The highest BCUT2D eigenvalue weighted by Gasteiger charge is 2.23. The van der Waals surface area contributed by atoms with Crippen LogP contribution in [-0.4, -0.2) is 25.2 Å². The molecule has 0 radical (unpaired) electrons. The van der Waals surface area contributed by atoms with Crippen LogP contribution in [0.15, 0.2) is 6.20 Å². The van der Waals surface area contributed by atoms with Gasteiger partial charge in [0.2, 0.25) is 0 Å². The minimum atomic E-state index is -3.06. The lowest BCUT2D eigenvalue weighted by Gasteiger charge is -2.10. The first-order valence-corrected chi connectivity index (χ1v) is 4.57. The van der Waals surface area contributed by atoms with Crippen LogP contribution in [-0.2, 0) is 16.0 Å². The van der Waals surface area contributed by atoms with Crippen LogP contribution in [0.4, 0.5) is 13.2 Å². The zero-order valence-corrected chi connectivity index (χ0v) is 9.17. The summed E-state index contributed by atoms with van der Waals surface area (Å²) >= 11 is 0. The molecule has 0 aromatic carbocycles. The molecule has 0 saturated heterocycles. The van der Waals surface area contributed by atoms with Crippen molar-refractivity contribution in [2.45, 2.75) is 12.8 Å². The summed E-state index contributed by atoms with van der Waals surface area (Å²) in [5, 5.41) is 0. The Kier molecular flexibility index (Phi) is 4.30. The molecule has 0 atom stereocenters. The van der Waals surface area contributed by atoms with Crippen molar-refractivity contribution < 1.29 is 27.4 Å². The fourth-order valence-corrected chi connectivity index (χ4v) is 1.23. The van der Waals surface area contributed by atoms with E-state index in [2.05, 4.69) is 9.72 Å². The van der Waals surface area contributed by atoms with Crippen LogP contribution in [0.2, 0.25) is 0 Å². The van der Waals surface area contributed by atoms with Crippen molar-refractivity contribution in [3.05, 3.63) is 23.3 Å². The van der Waals surface area contributed by atoms with E-state index < -0.39 is 30.3 Å². The Balaban J connectivity index is 3.22. The molecule has 7 heteroatoms. The maximum Gasteiger partial charge on any atom is 0.310 e. The van der Waals surface area contributed by atoms with E-state index in [-0.39, 0.29) is 11.3 Å². The predicted octanol–water partition coefficient (Wildman–Crippen LogP) is 1.88. The minimum Gasteiger partial charge on any atom is -0.495 e. The van der Waals surface area contributed by atoms with E-state index in [4.69, 9.17) is 4.74 Å². The summed E-state index contributed by atoms with van der Waals surface area (Å²) in [6, 6.07) is 0. The zero-order valence-electron chi connectivity index (χ0n) is 9.17. The zero-order chi connectivity index (χ0) is 13.0. The van der Waals surface area contributed by atoms with Crippen LogP contribution >= 0.6 is 0 Å². The van der Waals surface area contributed by atoms with Crippen LogP contribution in [0.5, 0.6) is 5.75 Å². The van der Waals surface area contributed by atoms with Crippen molar-refractivity contribution in [1.82, 2.24) is 4.98 Å². The average Bonchev–Trinajstić information content (AvgIpc) is 2.30. The third-order valence-electron chi connectivity index (χ3n) is 2.08. The number of nitrogens with zero attached hydrogens (tertiary/aromatic N) is 1. The molecule has 0 bridgehead atoms. The first-order valence-electron chi connectivity index (χ1n) is 4.57. The third-order valence-corrected chi connectivity index (χ3v) is 2.08. The predicted molar refractivity (Wildman–Crippen MR) is 51.4 cm³/mol. The standard InChI is InChI=1S/C10H10F3NO3/c1-16-6-4-14-9(10(12)13)8(11)5(6)3-7(15)17-2/h4,10H,3H2,1-2H3. The van der Waals surface area contributed by atoms with Crippen molar-refractivity contribution >= 4 is 5.97 Å². The van der Waals surface area contributed by atoms with Gasteiger partial charge >= 0.3 is 5.97 Å². The fourth-order valence-electron chi connectivity index (χ4n) is 1.23. The number of ether oxygens (including phenoxy) is 2. The van der Waals surface area contributed by atoms with Gasteiger partial charge in [0.1, 0.15) is 11.4 Å². The molecule has 94 valence electrons. The van der Waals surface area contributed by atoms with Crippen molar-refractivity contribution in [3.8, 4) is 5.75 Å². The Bertz CT molecular complexity index is 424. The highest BCUT2D eigenvalue weighted by atomic mass is 19.3. The van der Waals surface area contributed by atoms with Gasteiger partial charge in [0.25, 0.3) is 6.43 Å². The Morgan fingerprint density at radius 1 is 1.47 bits per heavy atom. The summed E-state index contributed by atoms with van der Waals surface area (Å²) < 4.78 is 47.5. The molecule has 0 aliphatic carbocycles. The molecule has 0 aliphatic rings. The van der Waals surface area contributed by atoms with Gasteiger partial charge in [-0.15, -0.1) is 0 Å². The Morgan fingerprint density at radius 3 is 2.59 bits per heavy atom. The minimum absolute atomic E-state index is 0.0719. The van der Waals surface area contributed by atoms with Crippen LogP contribution in [0.1, 0.15) is 17.7 Å². The molecule has 4 nitrogen and oxygen atoms in total. The van der Waals surface area contributed by atoms with Gasteiger partial charge in [-0.1, -0.05) is 0 Å². The molecule has 0 aliphatic heterocycles. The SMILES string of the molecule is COC(=O)Cc1c(OC)cnc(C(F)F)c1F. The molecule has 1 aromatic rings. The van der Waals surface area contributed by atoms with E-state index >= 15 is 0 Å². The quantitative estimate of drug-likeness (QED) is 0.764. The van der Waals surface area contributed by atoms with Gasteiger partial charge in [-0.3, -0.25) is 4.79 Å². The maximum atomic E-state index is 13.6. The number of alkyl halides is 2. The van der Waals surface area contributed by atoms with Crippen molar-refractivity contribution in [2.24, 2.45) is 0 Å². The normalized spacial score (nSPS) is 10.5. The number of carbonyl (C=O) groups excluding carboxylic acids is 1. The molecule has 17 heavy (non-hydrogen) atoms. The van der Waals surface area contributed by atoms with Crippen molar-refractivity contribution in [2.75, 3.05) is 14.2 Å².